The van der Waals surface area contributed by atoms with Gasteiger partial charge in [-0.25, -0.2) is 4.39 Å². The second kappa shape index (κ2) is 5.48. The molecular formula is C22H12ClFO2. The molecule has 0 bridgehead atoms. The maximum absolute atomic E-state index is 14.5. The van der Waals surface area contributed by atoms with Crippen molar-refractivity contribution in [3.63, 3.8) is 0 Å². The van der Waals surface area contributed by atoms with Crippen LogP contribution >= 0.6 is 11.6 Å². The van der Waals surface area contributed by atoms with E-state index in [4.69, 9.17) is 16.0 Å². The van der Waals surface area contributed by atoms with Gasteiger partial charge < -0.3 is 9.52 Å². The van der Waals surface area contributed by atoms with Crippen LogP contribution in [-0.4, -0.2) is 5.11 Å². The van der Waals surface area contributed by atoms with Crippen LogP contribution in [-0.2, 0) is 0 Å². The maximum atomic E-state index is 14.5. The fourth-order valence-electron chi connectivity index (χ4n) is 3.55. The molecule has 0 fully saturated rings. The Labute approximate surface area is 153 Å². The highest BCUT2D eigenvalue weighted by molar-refractivity contribution is 6.31. The van der Waals surface area contributed by atoms with E-state index in [1.54, 1.807) is 6.07 Å². The van der Waals surface area contributed by atoms with Crippen LogP contribution in [0.15, 0.2) is 71.1 Å². The van der Waals surface area contributed by atoms with Crippen LogP contribution < -0.4 is 0 Å². The minimum atomic E-state index is -0.452. The summed E-state index contributed by atoms with van der Waals surface area (Å²) >= 11 is 6.07. The molecule has 0 radical (unpaired) electrons. The zero-order chi connectivity index (χ0) is 17.8. The monoisotopic (exact) mass is 362 g/mol. The summed E-state index contributed by atoms with van der Waals surface area (Å²) in [6.45, 7) is 0. The van der Waals surface area contributed by atoms with E-state index in [1.807, 2.05) is 36.4 Å². The van der Waals surface area contributed by atoms with Crippen LogP contribution in [0.1, 0.15) is 0 Å². The lowest BCUT2D eigenvalue weighted by Crippen LogP contribution is -1.87. The van der Waals surface area contributed by atoms with Gasteiger partial charge in [0.1, 0.15) is 22.7 Å². The predicted octanol–water partition coefficient (Wildman–Crippen LogP) is 6.90. The minimum absolute atomic E-state index is 0.0190. The number of aromatic hydroxyl groups is 1. The third kappa shape index (κ3) is 2.11. The number of hydrogen-bond acceptors (Lipinski definition) is 2. The number of rotatable bonds is 1. The Hall–Kier alpha value is -3.04. The molecule has 0 saturated heterocycles. The standard InChI is InChI=1S/C22H12ClFO2/c23-13-6-8-17(24)16(11-13)20-18(25)9-10-19-21(20)15-7-5-12-3-1-2-4-14(12)22(15)26-19/h1-11,25H. The maximum Gasteiger partial charge on any atom is 0.143 e. The van der Waals surface area contributed by atoms with Crippen LogP contribution in [0.3, 0.4) is 0 Å². The van der Waals surface area contributed by atoms with Crippen LogP contribution in [0.25, 0.3) is 43.8 Å². The number of furan rings is 1. The van der Waals surface area contributed by atoms with Gasteiger partial charge in [0.15, 0.2) is 0 Å². The molecule has 0 aliphatic heterocycles. The molecule has 26 heavy (non-hydrogen) atoms. The molecule has 0 atom stereocenters. The van der Waals surface area contributed by atoms with Crippen LogP contribution in [0.5, 0.6) is 5.75 Å². The van der Waals surface area contributed by atoms with Crippen molar-refractivity contribution >= 4 is 44.3 Å². The van der Waals surface area contributed by atoms with E-state index in [9.17, 15) is 9.50 Å². The van der Waals surface area contributed by atoms with Crippen molar-refractivity contribution < 1.29 is 13.9 Å². The average molecular weight is 363 g/mol. The fraction of sp³-hybridized carbons (Fsp3) is 0. The Morgan fingerprint density at radius 2 is 1.73 bits per heavy atom. The zero-order valence-electron chi connectivity index (χ0n) is 13.5. The molecule has 0 aliphatic rings. The van der Waals surface area contributed by atoms with Gasteiger partial charge in [-0.1, -0.05) is 41.9 Å². The molecule has 0 saturated carbocycles. The number of hydrogen-bond donors (Lipinski definition) is 1. The SMILES string of the molecule is Oc1ccc2oc3c4ccccc4ccc3c2c1-c1cc(Cl)ccc1F. The number of phenols is 1. The topological polar surface area (TPSA) is 33.4 Å². The molecule has 2 nitrogen and oxygen atoms in total. The molecular weight excluding hydrogens is 351 g/mol. The Bertz CT molecular complexity index is 1320. The number of phenolic OH excluding ortho intramolecular Hbond substituents is 1. The van der Waals surface area contributed by atoms with Crippen molar-refractivity contribution in [3.05, 3.63) is 77.6 Å². The lowest BCUT2D eigenvalue weighted by molar-refractivity contribution is 0.477. The second-order valence-electron chi connectivity index (χ2n) is 6.22. The van der Waals surface area contributed by atoms with E-state index >= 15 is 0 Å². The third-order valence-electron chi connectivity index (χ3n) is 4.70. The van der Waals surface area contributed by atoms with E-state index in [1.165, 1.54) is 24.3 Å². The largest absolute Gasteiger partial charge is 0.507 e. The van der Waals surface area contributed by atoms with Crippen LogP contribution in [0.2, 0.25) is 5.02 Å². The lowest BCUT2D eigenvalue weighted by atomic mass is 9.97. The van der Waals surface area contributed by atoms with E-state index in [0.29, 0.717) is 27.1 Å². The van der Waals surface area contributed by atoms with Gasteiger partial charge in [-0.2, -0.15) is 0 Å². The summed E-state index contributed by atoms with van der Waals surface area (Å²) in [6, 6.07) is 19.4. The Morgan fingerprint density at radius 1 is 0.885 bits per heavy atom. The molecule has 126 valence electrons. The van der Waals surface area contributed by atoms with E-state index < -0.39 is 5.82 Å². The predicted molar refractivity (Wildman–Crippen MR) is 103 cm³/mol. The molecule has 4 heteroatoms. The van der Waals surface area contributed by atoms with Crippen molar-refractivity contribution in [3.8, 4) is 16.9 Å². The van der Waals surface area contributed by atoms with Gasteiger partial charge in [0, 0.05) is 32.3 Å². The summed E-state index contributed by atoms with van der Waals surface area (Å²) in [5.41, 5.74) is 1.93. The van der Waals surface area contributed by atoms with Gasteiger partial charge in [0.25, 0.3) is 0 Å². The minimum Gasteiger partial charge on any atom is -0.507 e. The number of benzene rings is 4. The summed E-state index contributed by atoms with van der Waals surface area (Å²) < 4.78 is 20.6. The van der Waals surface area contributed by atoms with E-state index in [2.05, 4.69) is 0 Å². The summed E-state index contributed by atoms with van der Waals surface area (Å²) in [6.07, 6.45) is 0. The van der Waals surface area contributed by atoms with E-state index in [-0.39, 0.29) is 11.3 Å². The highest BCUT2D eigenvalue weighted by Gasteiger charge is 2.20. The van der Waals surface area contributed by atoms with Gasteiger partial charge in [0.05, 0.1) is 0 Å². The van der Waals surface area contributed by atoms with Gasteiger partial charge >= 0.3 is 0 Å². The summed E-state index contributed by atoms with van der Waals surface area (Å²) in [5.74, 6) is -0.470. The Kier molecular flexibility index (Phi) is 3.21. The van der Waals surface area contributed by atoms with Gasteiger partial charge in [-0.3, -0.25) is 0 Å². The van der Waals surface area contributed by atoms with Crippen molar-refractivity contribution in [2.24, 2.45) is 0 Å². The molecule has 0 spiro atoms. The zero-order valence-corrected chi connectivity index (χ0v) is 14.2. The molecule has 1 aromatic heterocycles. The molecule has 4 aromatic carbocycles. The highest BCUT2D eigenvalue weighted by atomic mass is 35.5. The molecule has 5 aromatic rings. The molecule has 0 aliphatic carbocycles. The number of halogens is 2. The number of fused-ring (bicyclic) bond motifs is 5. The average Bonchev–Trinajstić information content (AvgIpc) is 3.03. The molecule has 5 rings (SSSR count). The summed E-state index contributed by atoms with van der Waals surface area (Å²) in [7, 11) is 0. The van der Waals surface area contributed by atoms with Gasteiger partial charge in [-0.05, 0) is 41.8 Å². The van der Waals surface area contributed by atoms with Crippen molar-refractivity contribution in [1.82, 2.24) is 0 Å². The fourth-order valence-corrected chi connectivity index (χ4v) is 3.72. The second-order valence-corrected chi connectivity index (χ2v) is 6.66. The van der Waals surface area contributed by atoms with Crippen LogP contribution in [0.4, 0.5) is 4.39 Å². The molecule has 1 heterocycles. The first-order valence-electron chi connectivity index (χ1n) is 8.15. The van der Waals surface area contributed by atoms with Gasteiger partial charge in [0.2, 0.25) is 0 Å². The first-order valence-corrected chi connectivity index (χ1v) is 8.52. The first kappa shape index (κ1) is 15.2. The third-order valence-corrected chi connectivity index (χ3v) is 4.94. The molecule has 0 amide bonds. The first-order chi connectivity index (χ1) is 12.6. The normalized spacial score (nSPS) is 11.6. The van der Waals surface area contributed by atoms with Crippen molar-refractivity contribution in [2.45, 2.75) is 0 Å². The lowest BCUT2D eigenvalue weighted by Gasteiger charge is -2.08. The summed E-state index contributed by atoms with van der Waals surface area (Å²) in [5, 5.41) is 14.4. The summed E-state index contributed by atoms with van der Waals surface area (Å²) in [4.78, 5) is 0. The Morgan fingerprint density at radius 3 is 2.62 bits per heavy atom. The molecule has 0 unspecified atom stereocenters. The van der Waals surface area contributed by atoms with E-state index in [0.717, 1.165) is 16.2 Å². The quantitative estimate of drug-likeness (QED) is 0.351. The Balaban J connectivity index is 1.99. The van der Waals surface area contributed by atoms with Crippen molar-refractivity contribution in [1.29, 1.82) is 0 Å². The smallest absolute Gasteiger partial charge is 0.143 e. The van der Waals surface area contributed by atoms with Gasteiger partial charge in [-0.15, -0.1) is 0 Å². The molecule has 1 N–H and O–H groups in total. The van der Waals surface area contributed by atoms with Crippen LogP contribution in [0, 0.1) is 5.82 Å². The van der Waals surface area contributed by atoms with Crippen molar-refractivity contribution in [2.75, 3.05) is 0 Å². The highest BCUT2D eigenvalue weighted by Crippen LogP contribution is 2.44.